The monoisotopic (exact) mass is 817 g/mol. The average Bonchev–Trinajstić information content (AvgIpc) is 3.70. The van der Waals surface area contributed by atoms with Crippen molar-refractivity contribution in [2.24, 2.45) is 11.7 Å². The molecular formula is C43H51N11O6. The van der Waals surface area contributed by atoms with Crippen LogP contribution in [0.4, 0.5) is 27.8 Å². The summed E-state index contributed by atoms with van der Waals surface area (Å²) in [6.07, 6.45) is 7.66. The topological polar surface area (TPSA) is 207 Å². The zero-order chi connectivity index (χ0) is 41.7. The number of carbonyl (C=O) groups excluding carboxylic acids is 6. The minimum Gasteiger partial charge on any atom is -0.382 e. The van der Waals surface area contributed by atoms with Gasteiger partial charge in [-0.25, -0.2) is 14.8 Å². The molecule has 0 radical (unpaired) electrons. The molecule has 2 aromatic carbocycles. The molecule has 2 atom stereocenters. The number of amides is 7. The quantitative estimate of drug-likeness (QED) is 0.206. The number of hydrogen-bond donors (Lipinski definition) is 4. The Morgan fingerprint density at radius 1 is 0.917 bits per heavy atom. The van der Waals surface area contributed by atoms with Gasteiger partial charge < -0.3 is 36.0 Å². The van der Waals surface area contributed by atoms with Crippen LogP contribution in [0.25, 0.3) is 0 Å². The molecule has 1 saturated carbocycles. The minimum absolute atomic E-state index is 0.0592. The van der Waals surface area contributed by atoms with Gasteiger partial charge in [-0.1, -0.05) is 18.2 Å². The van der Waals surface area contributed by atoms with Gasteiger partial charge in [0.15, 0.2) is 11.5 Å². The highest BCUT2D eigenvalue weighted by Crippen LogP contribution is 2.38. The molecule has 5 aliphatic heterocycles. The standard InChI is InChI=1S/C43H51N11O6/c1-50-18-19-53(43(50)60)30-4-3-15-52(24-30)34-22-45-37(38(44)56)39(48-34)47-28-9-7-26(8-10-28)27-13-16-51(17-14-27)23-25-20-29(21-25)46-32-6-2-5-31-36(32)42(59)54(41(31)58)33-11-12-35(55)49-40(33)57/h2,5-10,22,25,27,29-30,33,46H,3-4,11-21,23-24H2,1H3,(H2,44,56)(H,47,48)(H,49,55,57)/t25-,29+,30-,33-/m1/s1. The number of benzene rings is 2. The number of nitrogens with zero attached hydrogens (tertiary/aromatic N) is 7. The fraction of sp³-hybridized carbons (Fsp3) is 0.488. The van der Waals surface area contributed by atoms with Crippen LogP contribution in [-0.4, -0.2) is 136 Å². The zero-order valence-electron chi connectivity index (χ0n) is 33.8. The Bertz CT molecular complexity index is 2220. The van der Waals surface area contributed by atoms with Gasteiger partial charge in [-0.2, -0.15) is 0 Å². The van der Waals surface area contributed by atoms with Crippen molar-refractivity contribution in [3.05, 3.63) is 71.0 Å². The van der Waals surface area contributed by atoms with Gasteiger partial charge >= 0.3 is 6.03 Å². The highest BCUT2D eigenvalue weighted by atomic mass is 16.2. The van der Waals surface area contributed by atoms with E-state index >= 15 is 0 Å². The second-order valence-electron chi connectivity index (χ2n) is 17.1. The Balaban J connectivity index is 0.754. The number of fused-ring (bicyclic) bond motifs is 1. The van der Waals surface area contributed by atoms with Crippen LogP contribution >= 0.6 is 0 Å². The maximum Gasteiger partial charge on any atom is 0.320 e. The number of likely N-dealkylation sites (N-methyl/N-ethyl adjacent to an activating group) is 1. The number of rotatable bonds is 11. The lowest BCUT2D eigenvalue weighted by molar-refractivity contribution is -0.136. The molecule has 5 N–H and O–H groups in total. The first-order chi connectivity index (χ1) is 29.0. The van der Waals surface area contributed by atoms with E-state index < -0.39 is 35.6 Å². The number of piperidine rings is 3. The molecule has 7 amide bonds. The average molecular weight is 818 g/mol. The van der Waals surface area contributed by atoms with Crippen molar-refractivity contribution in [2.45, 2.75) is 75.4 Å². The van der Waals surface area contributed by atoms with Gasteiger partial charge in [-0.3, -0.25) is 34.2 Å². The lowest BCUT2D eigenvalue weighted by Crippen LogP contribution is -2.54. The molecule has 1 aliphatic carbocycles. The molecule has 3 aromatic rings. The molecule has 4 saturated heterocycles. The summed E-state index contributed by atoms with van der Waals surface area (Å²) in [5, 5.41) is 9.05. The molecule has 17 nitrogen and oxygen atoms in total. The number of primary amides is 1. The molecule has 6 heterocycles. The molecule has 9 rings (SSSR count). The predicted molar refractivity (Wildman–Crippen MR) is 222 cm³/mol. The van der Waals surface area contributed by atoms with E-state index in [1.165, 1.54) is 5.56 Å². The fourth-order valence-electron chi connectivity index (χ4n) is 9.87. The Labute approximate surface area is 348 Å². The van der Waals surface area contributed by atoms with Gasteiger partial charge in [0.25, 0.3) is 17.7 Å². The van der Waals surface area contributed by atoms with E-state index in [4.69, 9.17) is 10.7 Å². The number of nitrogens with one attached hydrogen (secondary N) is 3. The molecule has 0 unspecified atom stereocenters. The molecular weight excluding hydrogens is 767 g/mol. The number of nitrogens with two attached hydrogens (primary N) is 1. The highest BCUT2D eigenvalue weighted by Gasteiger charge is 2.46. The van der Waals surface area contributed by atoms with Crippen molar-refractivity contribution in [3.63, 3.8) is 0 Å². The minimum atomic E-state index is -0.990. The van der Waals surface area contributed by atoms with Crippen molar-refractivity contribution in [3.8, 4) is 0 Å². The van der Waals surface area contributed by atoms with E-state index in [-0.39, 0.29) is 42.2 Å². The van der Waals surface area contributed by atoms with E-state index in [1.54, 1.807) is 23.2 Å². The second-order valence-corrected chi connectivity index (χ2v) is 17.1. The van der Waals surface area contributed by atoms with Crippen molar-refractivity contribution in [1.82, 2.24) is 34.9 Å². The highest BCUT2D eigenvalue weighted by molar-refractivity contribution is 6.25. The molecule has 0 bridgehead atoms. The number of imide groups is 2. The molecule has 1 aromatic heterocycles. The number of anilines is 4. The van der Waals surface area contributed by atoms with Crippen LogP contribution < -0.4 is 26.6 Å². The molecule has 60 heavy (non-hydrogen) atoms. The normalized spacial score (nSPS) is 25.1. The number of hydrogen-bond acceptors (Lipinski definition) is 12. The first-order valence-electron chi connectivity index (χ1n) is 21.1. The van der Waals surface area contributed by atoms with Gasteiger partial charge in [0.05, 0.1) is 23.4 Å². The van der Waals surface area contributed by atoms with Crippen molar-refractivity contribution in [1.29, 1.82) is 0 Å². The molecule has 5 fully saturated rings. The van der Waals surface area contributed by atoms with Gasteiger partial charge in [0.1, 0.15) is 11.9 Å². The first kappa shape index (κ1) is 39.4. The zero-order valence-corrected chi connectivity index (χ0v) is 33.8. The third kappa shape index (κ3) is 7.61. The number of carbonyl (C=O) groups is 6. The summed E-state index contributed by atoms with van der Waals surface area (Å²) in [6, 6.07) is 12.8. The Hall–Kier alpha value is -6.10. The van der Waals surface area contributed by atoms with E-state index in [2.05, 4.69) is 42.9 Å². The molecule has 17 heteroatoms. The number of urea groups is 1. The second kappa shape index (κ2) is 16.2. The third-order valence-electron chi connectivity index (χ3n) is 13.2. The van der Waals surface area contributed by atoms with Crippen LogP contribution in [0.5, 0.6) is 0 Å². The van der Waals surface area contributed by atoms with E-state index in [0.29, 0.717) is 47.8 Å². The first-order valence-corrected chi connectivity index (χ1v) is 21.1. The Morgan fingerprint density at radius 3 is 2.42 bits per heavy atom. The van der Waals surface area contributed by atoms with Gasteiger partial charge in [-0.05, 0) is 99.7 Å². The third-order valence-corrected chi connectivity index (χ3v) is 13.2. The van der Waals surface area contributed by atoms with Gasteiger partial charge in [0, 0.05) is 63.6 Å². The fourth-order valence-corrected chi connectivity index (χ4v) is 9.87. The lowest BCUT2D eigenvalue weighted by atomic mass is 9.79. The smallest absolute Gasteiger partial charge is 0.320 e. The molecule has 314 valence electrons. The maximum absolute atomic E-state index is 13.5. The summed E-state index contributed by atoms with van der Waals surface area (Å²) in [4.78, 5) is 94.5. The van der Waals surface area contributed by atoms with Crippen LogP contribution in [0.2, 0.25) is 0 Å². The van der Waals surface area contributed by atoms with E-state index in [1.807, 2.05) is 30.1 Å². The van der Waals surface area contributed by atoms with Crippen molar-refractivity contribution < 1.29 is 28.8 Å². The summed E-state index contributed by atoms with van der Waals surface area (Å²) in [6.45, 7) is 5.89. The van der Waals surface area contributed by atoms with Gasteiger partial charge in [0.2, 0.25) is 11.8 Å². The Kier molecular flexibility index (Phi) is 10.6. The maximum atomic E-state index is 13.5. The summed E-state index contributed by atoms with van der Waals surface area (Å²) in [5.41, 5.74) is 9.02. The van der Waals surface area contributed by atoms with Crippen LogP contribution in [0.1, 0.15) is 94.1 Å². The van der Waals surface area contributed by atoms with Crippen LogP contribution in [-0.2, 0) is 9.59 Å². The largest absolute Gasteiger partial charge is 0.382 e. The van der Waals surface area contributed by atoms with E-state index in [9.17, 15) is 28.8 Å². The SMILES string of the molecule is CN1CCN([C@@H]2CCCN(c3cnc(C(N)=O)c(Nc4ccc(C5CCN(C[C@H]6C[C@@H](Nc7cccc8c7C(=O)N([C@@H]7CCC(=O)NC7=O)C8=O)C6)CC5)cc4)n3)C2)C1=O. The van der Waals surface area contributed by atoms with Crippen LogP contribution in [0, 0.1) is 5.92 Å². The van der Waals surface area contributed by atoms with Crippen molar-refractivity contribution in [2.75, 3.05) is 68.4 Å². The van der Waals surface area contributed by atoms with Crippen LogP contribution in [0.3, 0.4) is 0 Å². The number of likely N-dealkylation sites (tertiary alicyclic amines) is 1. The summed E-state index contributed by atoms with van der Waals surface area (Å²) >= 11 is 0. The summed E-state index contributed by atoms with van der Waals surface area (Å²) in [5.74, 6) is -0.768. The summed E-state index contributed by atoms with van der Waals surface area (Å²) in [7, 11) is 1.83. The molecule has 6 aliphatic rings. The van der Waals surface area contributed by atoms with Crippen LogP contribution in [0.15, 0.2) is 48.7 Å². The summed E-state index contributed by atoms with van der Waals surface area (Å²) < 4.78 is 0. The van der Waals surface area contributed by atoms with E-state index in [0.717, 1.165) is 81.8 Å². The van der Waals surface area contributed by atoms with Gasteiger partial charge in [-0.15, -0.1) is 0 Å². The molecule has 0 spiro atoms. The van der Waals surface area contributed by atoms with Crippen molar-refractivity contribution >= 4 is 58.6 Å². The number of aromatic nitrogens is 2. The predicted octanol–water partition coefficient (Wildman–Crippen LogP) is 3.13. The Morgan fingerprint density at radius 2 is 1.70 bits per heavy atom. The lowest BCUT2D eigenvalue weighted by Gasteiger charge is -2.41.